The number of hydrogen-bond donors (Lipinski definition) is 1. The molecule has 1 aliphatic heterocycles. The Labute approximate surface area is 265 Å². The van der Waals surface area contributed by atoms with Gasteiger partial charge in [-0.3, -0.25) is 4.79 Å². The molecule has 0 aromatic heterocycles. The average Bonchev–Trinajstić information content (AvgIpc) is 3.28. The molecule has 0 atom stereocenters. The summed E-state index contributed by atoms with van der Waals surface area (Å²) in [6.45, 7) is 1.84. The summed E-state index contributed by atoms with van der Waals surface area (Å²) in [4.78, 5) is 29.8. The van der Waals surface area contributed by atoms with Crippen LogP contribution in [0.5, 0.6) is 0 Å². The third kappa shape index (κ3) is 8.06. The molecule has 1 N–H and O–H groups in total. The van der Waals surface area contributed by atoms with Crippen molar-refractivity contribution in [2.45, 2.75) is 18.2 Å². The monoisotopic (exact) mass is 589 g/mol. The number of carbonyl (C=O) groups excluding carboxylic acids is 2. The van der Waals surface area contributed by atoms with Crippen molar-refractivity contribution < 1.29 is 47.6 Å². The molecule has 7 nitrogen and oxygen atoms in total. The summed E-state index contributed by atoms with van der Waals surface area (Å²) in [6, 6.07) is 31.0. The van der Waals surface area contributed by atoms with Gasteiger partial charge in [0, 0.05) is 6.42 Å². The summed E-state index contributed by atoms with van der Waals surface area (Å²) in [5, 5.41) is 3.22. The zero-order valence-corrected chi connectivity index (χ0v) is 26.1. The first-order valence-electron chi connectivity index (χ1n) is 12.4. The largest absolute Gasteiger partial charge is 1.00 e. The molecule has 0 spiro atoms. The van der Waals surface area contributed by atoms with Crippen LogP contribution in [-0.2, 0) is 26.0 Å². The number of nitrogens with one attached hydrogen (secondary N) is 1. The number of sulfonamides is 1. The van der Waals surface area contributed by atoms with Crippen molar-refractivity contribution in [3.8, 4) is 11.1 Å². The Morgan fingerprint density at radius 1 is 0.878 bits per heavy atom. The van der Waals surface area contributed by atoms with E-state index in [0.717, 1.165) is 22.3 Å². The van der Waals surface area contributed by atoms with Gasteiger partial charge in [0.15, 0.2) is 5.17 Å². The summed E-state index contributed by atoms with van der Waals surface area (Å²) < 4.78 is 28.2. The third-order valence-electron chi connectivity index (χ3n) is 6.03. The fourth-order valence-electron chi connectivity index (χ4n) is 3.94. The molecule has 0 radical (unpaired) electrons. The summed E-state index contributed by atoms with van der Waals surface area (Å²) in [5.41, 5.74) is 5.21. The number of benzene rings is 4. The number of aryl methyl sites for hydroxylation is 1. The summed E-state index contributed by atoms with van der Waals surface area (Å²) >= 11 is 1.24. The number of nitrogens with zero attached hydrogens (tertiary/aromatic N) is 2. The van der Waals surface area contributed by atoms with Gasteiger partial charge in [-0.15, -0.1) is 0 Å². The van der Waals surface area contributed by atoms with Gasteiger partial charge >= 0.3 is 29.6 Å². The van der Waals surface area contributed by atoms with Gasteiger partial charge in [0.1, 0.15) is 10.0 Å². The van der Waals surface area contributed by atoms with Crippen molar-refractivity contribution >= 4 is 50.5 Å². The zero-order valence-electron chi connectivity index (χ0n) is 22.4. The van der Waals surface area contributed by atoms with Crippen LogP contribution < -0.4 is 34.9 Å². The maximum Gasteiger partial charge on any atom is 1.00 e. The first kappa shape index (κ1) is 30.5. The second-order valence-corrected chi connectivity index (χ2v) is 11.7. The molecule has 4 aromatic rings. The number of rotatable bonds is 7. The smallest absolute Gasteiger partial charge is 0.541 e. The molecule has 0 unspecified atom stereocenters. The van der Waals surface area contributed by atoms with Crippen LogP contribution in [0.15, 0.2) is 118 Å². The van der Waals surface area contributed by atoms with Crippen molar-refractivity contribution in [2.75, 3.05) is 0 Å². The van der Waals surface area contributed by atoms with Crippen molar-refractivity contribution in [2.24, 2.45) is 4.99 Å². The fourth-order valence-corrected chi connectivity index (χ4v) is 5.70. The SMILES string of the molecule is Cc1ccc(S(=O)(=O)[N-]C(=O)Cc2ccc(N=C3NC(=O)/C(=C\c4ccc(-c5ccccc5)cc4)S3)cc2)cc1.[Na+]. The predicted molar refractivity (Wildman–Crippen MR) is 160 cm³/mol. The van der Waals surface area contributed by atoms with E-state index >= 15 is 0 Å². The van der Waals surface area contributed by atoms with E-state index in [-0.39, 0.29) is 46.8 Å². The van der Waals surface area contributed by atoms with E-state index in [4.69, 9.17) is 0 Å². The van der Waals surface area contributed by atoms with Crippen molar-refractivity contribution in [3.05, 3.63) is 129 Å². The maximum atomic E-state index is 12.5. The zero-order chi connectivity index (χ0) is 28.1. The van der Waals surface area contributed by atoms with Crippen LogP contribution in [0.4, 0.5) is 5.69 Å². The molecule has 10 heteroatoms. The Hall–Kier alpha value is -3.47. The number of aliphatic imine (C=N–C) groups is 1. The van der Waals surface area contributed by atoms with Gasteiger partial charge in [0.05, 0.1) is 21.4 Å². The molecule has 1 saturated heterocycles. The number of amides is 2. The van der Waals surface area contributed by atoms with E-state index in [0.29, 0.717) is 21.3 Å². The van der Waals surface area contributed by atoms with Crippen LogP contribution in [-0.4, -0.2) is 25.4 Å². The molecule has 2 amide bonds. The number of carbonyl (C=O) groups is 2. The second-order valence-electron chi connectivity index (χ2n) is 9.09. The molecule has 1 fully saturated rings. The van der Waals surface area contributed by atoms with Crippen LogP contribution in [0.1, 0.15) is 16.7 Å². The first-order valence-corrected chi connectivity index (χ1v) is 14.6. The van der Waals surface area contributed by atoms with Crippen LogP contribution >= 0.6 is 11.8 Å². The summed E-state index contributed by atoms with van der Waals surface area (Å²) in [7, 11) is -4.06. The first-order chi connectivity index (χ1) is 19.2. The molecule has 0 aliphatic carbocycles. The fraction of sp³-hybridized carbons (Fsp3) is 0.0645. The van der Waals surface area contributed by atoms with E-state index in [1.54, 1.807) is 36.4 Å². The molecular formula is C31H24N3NaO4S2. The maximum absolute atomic E-state index is 12.5. The second kappa shape index (κ2) is 13.5. The number of thioether (sulfide) groups is 1. The van der Waals surface area contributed by atoms with Crippen molar-refractivity contribution in [1.82, 2.24) is 5.32 Å². The van der Waals surface area contributed by atoms with Gasteiger partial charge in [0.2, 0.25) is 0 Å². The molecule has 0 bridgehead atoms. The van der Waals surface area contributed by atoms with Crippen molar-refractivity contribution in [1.29, 1.82) is 0 Å². The average molecular weight is 590 g/mol. The van der Waals surface area contributed by atoms with E-state index < -0.39 is 15.9 Å². The van der Waals surface area contributed by atoms with Crippen LogP contribution in [0, 0.1) is 6.92 Å². The van der Waals surface area contributed by atoms with Gasteiger partial charge in [-0.05, 0) is 71.3 Å². The van der Waals surface area contributed by atoms with Crippen molar-refractivity contribution in [3.63, 3.8) is 0 Å². The Bertz CT molecular complexity index is 1720. The van der Waals surface area contributed by atoms with Gasteiger partial charge in [-0.2, -0.15) is 0 Å². The van der Waals surface area contributed by atoms with Gasteiger partial charge < -0.3 is 14.8 Å². The standard InChI is InChI=1S/C31H25N3O4S2.Na/c1-21-7-17-27(18-8-21)40(37,38)34-29(35)20-23-11-15-26(16-12-23)32-31-33-30(36)28(39-31)19-22-9-13-25(14-10-22)24-5-3-2-4-6-24;/h2-19H,20H2,1H3,(H2,32,33,34,35,36);/q;+1/p-1/b28-19+;. The number of hydrogen-bond acceptors (Lipinski definition) is 6. The molecule has 4 aromatic carbocycles. The minimum absolute atomic E-state index is 0. The minimum Gasteiger partial charge on any atom is -0.541 e. The normalized spacial score (nSPS) is 14.9. The molecule has 200 valence electrons. The van der Waals surface area contributed by atoms with Gasteiger partial charge in [-0.25, -0.2) is 13.4 Å². The minimum atomic E-state index is -4.06. The Morgan fingerprint density at radius 2 is 1.51 bits per heavy atom. The Morgan fingerprint density at radius 3 is 2.17 bits per heavy atom. The van der Waals surface area contributed by atoms with E-state index in [1.807, 2.05) is 67.6 Å². The summed E-state index contributed by atoms with van der Waals surface area (Å²) in [6.07, 6.45) is 1.66. The molecule has 41 heavy (non-hydrogen) atoms. The van der Waals surface area contributed by atoms with Gasteiger partial charge in [0.25, 0.3) is 5.91 Å². The Kier molecular flexibility index (Phi) is 10.0. The molecule has 5 rings (SSSR count). The third-order valence-corrected chi connectivity index (χ3v) is 8.25. The topological polar surface area (TPSA) is 107 Å². The van der Waals surface area contributed by atoms with Crippen LogP contribution in [0.25, 0.3) is 21.9 Å². The summed E-state index contributed by atoms with van der Waals surface area (Å²) in [5.74, 6) is -0.987. The molecule has 1 aliphatic rings. The van der Waals surface area contributed by atoms with E-state index in [2.05, 4.69) is 15.0 Å². The predicted octanol–water partition coefficient (Wildman–Crippen LogP) is 3.39. The number of amidine groups is 1. The van der Waals surface area contributed by atoms with E-state index in [1.165, 1.54) is 23.9 Å². The quantitative estimate of drug-likeness (QED) is 0.263. The van der Waals surface area contributed by atoms with E-state index in [9.17, 15) is 18.0 Å². The van der Waals surface area contributed by atoms with Gasteiger partial charge in [-0.1, -0.05) is 84.4 Å². The molecule has 0 saturated carbocycles. The van der Waals surface area contributed by atoms with Crippen LogP contribution in [0.3, 0.4) is 0 Å². The van der Waals surface area contributed by atoms with Crippen LogP contribution in [0.2, 0.25) is 0 Å². The molecule has 1 heterocycles. The molecular weight excluding hydrogens is 565 g/mol. The Balaban J connectivity index is 0.00000387.